The molecule has 5 atom stereocenters. The van der Waals surface area contributed by atoms with E-state index in [1.165, 1.54) is 5.56 Å². The average Bonchev–Trinajstić information content (AvgIpc) is 3.03. The minimum atomic E-state index is -0.400. The molecular formula is C27H40Cl2O3. The Labute approximate surface area is 204 Å². The molecule has 180 valence electrons. The summed E-state index contributed by atoms with van der Waals surface area (Å²) < 4.78 is 5.16. The van der Waals surface area contributed by atoms with Crippen molar-refractivity contribution in [1.29, 1.82) is 0 Å². The van der Waals surface area contributed by atoms with E-state index in [0.29, 0.717) is 6.42 Å². The van der Waals surface area contributed by atoms with E-state index in [4.69, 9.17) is 27.9 Å². The molecule has 5 heteroatoms. The Balaban J connectivity index is 1.89. The van der Waals surface area contributed by atoms with E-state index < -0.39 is 6.10 Å². The third kappa shape index (κ3) is 8.72. The number of halogens is 2. The maximum absolute atomic E-state index is 11.6. The smallest absolute Gasteiger partial charge is 0.306 e. The van der Waals surface area contributed by atoms with E-state index in [2.05, 4.69) is 31.2 Å². The average molecular weight is 484 g/mol. The third-order valence-corrected chi connectivity index (χ3v) is 7.20. The molecule has 0 radical (unpaired) electrons. The Morgan fingerprint density at radius 3 is 2.50 bits per heavy atom. The van der Waals surface area contributed by atoms with Crippen LogP contribution in [0.25, 0.3) is 0 Å². The van der Waals surface area contributed by atoms with Crippen molar-refractivity contribution >= 4 is 29.2 Å². The topological polar surface area (TPSA) is 46.5 Å². The molecule has 1 saturated carbocycles. The number of carbonyl (C=O) groups is 1. The van der Waals surface area contributed by atoms with Crippen molar-refractivity contribution < 1.29 is 14.6 Å². The summed E-state index contributed by atoms with van der Waals surface area (Å²) in [5.74, 6) is 0.353. The van der Waals surface area contributed by atoms with Gasteiger partial charge in [0.05, 0.1) is 12.2 Å². The van der Waals surface area contributed by atoms with E-state index in [-0.39, 0.29) is 34.7 Å². The number of allylic oxidation sites excluding steroid dienone is 2. The van der Waals surface area contributed by atoms with Crippen LogP contribution in [0.3, 0.4) is 0 Å². The molecule has 32 heavy (non-hydrogen) atoms. The third-order valence-electron chi connectivity index (χ3n) is 6.25. The van der Waals surface area contributed by atoms with Gasteiger partial charge in [-0.25, -0.2) is 0 Å². The highest BCUT2D eigenvalue weighted by Gasteiger charge is 2.41. The predicted octanol–water partition coefficient (Wildman–Crippen LogP) is 7.69. The number of hydrogen-bond donors (Lipinski definition) is 1. The maximum atomic E-state index is 11.6. The van der Waals surface area contributed by atoms with Crippen molar-refractivity contribution in [2.75, 3.05) is 0 Å². The lowest BCUT2D eigenvalue weighted by molar-refractivity contribution is -0.147. The maximum Gasteiger partial charge on any atom is 0.306 e. The monoisotopic (exact) mass is 482 g/mol. The van der Waals surface area contributed by atoms with Gasteiger partial charge in [0.2, 0.25) is 0 Å². The highest BCUT2D eigenvalue weighted by atomic mass is 35.5. The van der Waals surface area contributed by atoms with Crippen LogP contribution in [0.1, 0.15) is 102 Å². The minimum absolute atomic E-state index is 0.0158. The van der Waals surface area contributed by atoms with Gasteiger partial charge in [0.25, 0.3) is 0 Å². The Kier molecular flexibility index (Phi) is 12.1. The van der Waals surface area contributed by atoms with Gasteiger partial charge in [-0.2, -0.15) is 0 Å². The van der Waals surface area contributed by atoms with E-state index in [1.807, 2.05) is 26.0 Å². The molecular weight excluding hydrogens is 443 g/mol. The molecule has 1 fully saturated rings. The lowest BCUT2D eigenvalue weighted by atomic mass is 9.85. The Bertz CT molecular complexity index is 701. The highest BCUT2D eigenvalue weighted by Crippen LogP contribution is 2.47. The Hall–Kier alpha value is -1.03. The van der Waals surface area contributed by atoms with E-state index in [1.54, 1.807) is 0 Å². The second-order valence-electron chi connectivity index (χ2n) is 9.27. The minimum Gasteiger partial charge on any atom is -0.463 e. The Morgan fingerprint density at radius 1 is 1.12 bits per heavy atom. The first-order chi connectivity index (χ1) is 15.3. The number of rotatable bonds is 13. The summed E-state index contributed by atoms with van der Waals surface area (Å²) in [4.78, 5) is 11.6. The molecule has 0 saturated heterocycles. The number of esters is 1. The van der Waals surface area contributed by atoms with Crippen LogP contribution in [-0.2, 0) is 9.53 Å². The van der Waals surface area contributed by atoms with Crippen molar-refractivity contribution in [3.63, 3.8) is 0 Å². The number of aliphatic hydroxyl groups is 1. The van der Waals surface area contributed by atoms with Crippen LogP contribution >= 0.6 is 23.2 Å². The normalized spacial score (nSPS) is 24.3. The molecule has 0 aliphatic heterocycles. The predicted molar refractivity (Wildman–Crippen MR) is 135 cm³/mol. The van der Waals surface area contributed by atoms with Crippen LogP contribution in [-0.4, -0.2) is 27.9 Å². The number of unbranched alkanes of at least 4 members (excludes halogenated alkanes) is 3. The number of ether oxygens (including phenoxy) is 1. The molecule has 1 N–H and O–H groups in total. The molecule has 1 aromatic rings. The van der Waals surface area contributed by atoms with Gasteiger partial charge < -0.3 is 9.84 Å². The van der Waals surface area contributed by atoms with Gasteiger partial charge in [-0.3, -0.25) is 4.79 Å². The fourth-order valence-electron chi connectivity index (χ4n) is 4.53. The van der Waals surface area contributed by atoms with E-state index >= 15 is 0 Å². The summed E-state index contributed by atoms with van der Waals surface area (Å²) in [6, 6.07) is 8.31. The van der Waals surface area contributed by atoms with Crippen LogP contribution < -0.4 is 0 Å². The highest BCUT2D eigenvalue weighted by molar-refractivity contribution is 6.25. The fraction of sp³-hybridized carbons (Fsp3) is 0.667. The van der Waals surface area contributed by atoms with Gasteiger partial charge in [0, 0.05) is 23.1 Å². The van der Waals surface area contributed by atoms with Crippen molar-refractivity contribution in [3.8, 4) is 0 Å². The van der Waals surface area contributed by atoms with Crippen LogP contribution in [0.2, 0.25) is 0 Å². The number of alkyl halides is 2. The molecule has 1 unspecified atom stereocenters. The van der Waals surface area contributed by atoms with E-state index in [0.717, 1.165) is 56.9 Å². The first-order valence-corrected chi connectivity index (χ1v) is 13.1. The first kappa shape index (κ1) is 27.2. The van der Waals surface area contributed by atoms with Crippen molar-refractivity contribution in [2.45, 2.75) is 107 Å². The quantitative estimate of drug-likeness (QED) is 0.135. The largest absolute Gasteiger partial charge is 0.463 e. The SMILES string of the molecule is CCCCC[C@@H](O)c1ccc([C@@H]2C(C/C=C\CCCC(=O)OC(C)C)[C@H](Cl)C[C@H]2Cl)cc1. The summed E-state index contributed by atoms with van der Waals surface area (Å²) in [5.41, 5.74) is 2.18. The summed E-state index contributed by atoms with van der Waals surface area (Å²) in [6.45, 7) is 5.91. The molecule has 1 aliphatic rings. The van der Waals surface area contributed by atoms with Gasteiger partial charge >= 0.3 is 5.97 Å². The molecule has 1 aliphatic carbocycles. The van der Waals surface area contributed by atoms with Gasteiger partial charge in [0.15, 0.2) is 0 Å². The van der Waals surface area contributed by atoms with Gasteiger partial charge in [-0.1, -0.05) is 62.6 Å². The second-order valence-corrected chi connectivity index (χ2v) is 10.4. The fourth-order valence-corrected chi connectivity index (χ4v) is 5.60. The van der Waals surface area contributed by atoms with Crippen LogP contribution in [0.5, 0.6) is 0 Å². The zero-order valence-electron chi connectivity index (χ0n) is 19.8. The number of benzene rings is 1. The number of aliphatic hydroxyl groups excluding tert-OH is 1. The first-order valence-electron chi connectivity index (χ1n) is 12.2. The summed E-state index contributed by atoms with van der Waals surface area (Å²) >= 11 is 13.4. The summed E-state index contributed by atoms with van der Waals surface area (Å²) in [5, 5.41) is 10.5. The summed E-state index contributed by atoms with van der Waals surface area (Å²) in [7, 11) is 0. The standard InChI is InChI=1S/C27H40Cl2O3/c1-4-5-8-12-25(30)20-14-16-21(17-15-20)27-22(23(28)18-24(27)29)11-9-6-7-10-13-26(31)32-19(2)3/h6,9,14-17,19,22-25,27,30H,4-5,7-8,10-13,18H2,1-3H3/b9-6-/t22?,23-,24-,25-,27-/m1/s1. The molecule has 2 rings (SSSR count). The zero-order valence-corrected chi connectivity index (χ0v) is 21.3. The lowest BCUT2D eigenvalue weighted by Gasteiger charge is -2.23. The summed E-state index contributed by atoms with van der Waals surface area (Å²) in [6.07, 6.45) is 11.8. The second kappa shape index (κ2) is 14.3. The molecule has 1 aromatic carbocycles. The van der Waals surface area contributed by atoms with Crippen LogP contribution in [0.4, 0.5) is 0 Å². The van der Waals surface area contributed by atoms with Crippen LogP contribution in [0, 0.1) is 5.92 Å². The zero-order chi connectivity index (χ0) is 23.5. The lowest BCUT2D eigenvalue weighted by Crippen LogP contribution is -2.16. The molecule has 0 aromatic heterocycles. The molecule has 0 spiro atoms. The van der Waals surface area contributed by atoms with Crippen molar-refractivity contribution in [2.24, 2.45) is 5.92 Å². The molecule has 0 amide bonds. The van der Waals surface area contributed by atoms with Crippen molar-refractivity contribution in [3.05, 3.63) is 47.5 Å². The van der Waals surface area contributed by atoms with Crippen LogP contribution in [0.15, 0.2) is 36.4 Å². The van der Waals surface area contributed by atoms with E-state index in [9.17, 15) is 9.90 Å². The molecule has 3 nitrogen and oxygen atoms in total. The van der Waals surface area contributed by atoms with Gasteiger partial charge in [-0.15, -0.1) is 23.2 Å². The molecule has 0 heterocycles. The number of carbonyl (C=O) groups excluding carboxylic acids is 1. The molecule has 0 bridgehead atoms. The Morgan fingerprint density at radius 2 is 1.84 bits per heavy atom. The van der Waals surface area contributed by atoms with Crippen molar-refractivity contribution in [1.82, 2.24) is 0 Å². The van der Waals surface area contributed by atoms with Gasteiger partial charge in [-0.05, 0) is 63.0 Å². The van der Waals surface area contributed by atoms with Gasteiger partial charge in [0.1, 0.15) is 0 Å². The number of hydrogen-bond acceptors (Lipinski definition) is 3.